The molecule has 164 valence electrons. The highest BCUT2D eigenvalue weighted by molar-refractivity contribution is 5.84. The predicted octanol–water partition coefficient (Wildman–Crippen LogP) is 2.72. The minimum absolute atomic E-state index is 0.0349. The molecule has 30 heavy (non-hydrogen) atoms. The van der Waals surface area contributed by atoms with E-state index in [4.69, 9.17) is 4.74 Å². The SMILES string of the molecule is O=C(CCC(=O)N(C1CC1)C1CCN(Cc2ccccc2)CC1)NCC1CCCO1. The monoisotopic (exact) mass is 413 g/mol. The molecule has 6 nitrogen and oxygen atoms in total. The molecule has 0 spiro atoms. The number of likely N-dealkylation sites (tertiary alicyclic amines) is 1. The van der Waals surface area contributed by atoms with Gasteiger partial charge < -0.3 is 15.0 Å². The highest BCUT2D eigenvalue weighted by Gasteiger charge is 2.38. The Bertz CT molecular complexity index is 693. The highest BCUT2D eigenvalue weighted by atomic mass is 16.5. The lowest BCUT2D eigenvalue weighted by atomic mass is 10.0. The van der Waals surface area contributed by atoms with Crippen molar-refractivity contribution in [1.29, 1.82) is 0 Å². The molecule has 3 aliphatic rings. The van der Waals surface area contributed by atoms with Gasteiger partial charge in [0.15, 0.2) is 0 Å². The summed E-state index contributed by atoms with van der Waals surface area (Å²) in [5.74, 6) is 0.124. The molecule has 0 bridgehead atoms. The largest absolute Gasteiger partial charge is 0.376 e. The molecule has 3 fully saturated rings. The average Bonchev–Trinajstić information content (AvgIpc) is 3.46. The van der Waals surface area contributed by atoms with Crippen LogP contribution in [0.25, 0.3) is 0 Å². The summed E-state index contributed by atoms with van der Waals surface area (Å²) < 4.78 is 5.54. The maximum absolute atomic E-state index is 13.0. The first-order valence-corrected chi connectivity index (χ1v) is 11.6. The molecule has 1 aliphatic carbocycles. The minimum Gasteiger partial charge on any atom is -0.376 e. The summed E-state index contributed by atoms with van der Waals surface area (Å²) in [6, 6.07) is 11.3. The van der Waals surface area contributed by atoms with Gasteiger partial charge in [-0.15, -0.1) is 0 Å². The van der Waals surface area contributed by atoms with Gasteiger partial charge in [0.1, 0.15) is 0 Å². The average molecular weight is 414 g/mol. The normalized spacial score (nSPS) is 22.7. The van der Waals surface area contributed by atoms with Crippen molar-refractivity contribution in [2.45, 2.75) is 76.1 Å². The lowest BCUT2D eigenvalue weighted by molar-refractivity contribution is -0.137. The summed E-state index contributed by atoms with van der Waals surface area (Å²) in [5.41, 5.74) is 1.35. The van der Waals surface area contributed by atoms with Crippen LogP contribution in [0.1, 0.15) is 56.9 Å². The van der Waals surface area contributed by atoms with Gasteiger partial charge in [-0.3, -0.25) is 14.5 Å². The number of benzene rings is 1. The number of carbonyl (C=O) groups is 2. The van der Waals surface area contributed by atoms with Crippen LogP contribution < -0.4 is 5.32 Å². The molecular formula is C24H35N3O3. The Morgan fingerprint density at radius 1 is 1.00 bits per heavy atom. The summed E-state index contributed by atoms with van der Waals surface area (Å²) >= 11 is 0. The van der Waals surface area contributed by atoms with Gasteiger partial charge in [-0.2, -0.15) is 0 Å². The molecule has 6 heteroatoms. The number of amides is 2. The molecule has 2 aliphatic heterocycles. The fourth-order valence-electron chi connectivity index (χ4n) is 4.73. The fraction of sp³-hybridized carbons (Fsp3) is 0.667. The summed E-state index contributed by atoms with van der Waals surface area (Å²) in [7, 11) is 0. The third-order valence-electron chi connectivity index (χ3n) is 6.54. The van der Waals surface area contributed by atoms with Crippen molar-refractivity contribution in [3.8, 4) is 0 Å². The van der Waals surface area contributed by atoms with Crippen molar-refractivity contribution in [1.82, 2.24) is 15.1 Å². The van der Waals surface area contributed by atoms with Gasteiger partial charge in [0.25, 0.3) is 0 Å². The zero-order valence-electron chi connectivity index (χ0n) is 17.9. The summed E-state index contributed by atoms with van der Waals surface area (Å²) in [6.45, 7) is 4.39. The lowest BCUT2D eigenvalue weighted by Crippen LogP contribution is -2.48. The van der Waals surface area contributed by atoms with Crippen molar-refractivity contribution in [3.05, 3.63) is 35.9 Å². The third-order valence-corrected chi connectivity index (χ3v) is 6.54. The maximum atomic E-state index is 13.0. The second kappa shape index (κ2) is 10.4. The number of carbonyl (C=O) groups excluding carboxylic acids is 2. The van der Waals surface area contributed by atoms with Gasteiger partial charge in [-0.05, 0) is 44.1 Å². The zero-order chi connectivity index (χ0) is 20.8. The molecule has 1 aromatic rings. The summed E-state index contributed by atoms with van der Waals surface area (Å²) in [6.07, 6.45) is 7.11. The second-order valence-corrected chi connectivity index (χ2v) is 8.96. The van der Waals surface area contributed by atoms with Gasteiger partial charge in [-0.25, -0.2) is 0 Å². The van der Waals surface area contributed by atoms with Crippen molar-refractivity contribution in [3.63, 3.8) is 0 Å². The van der Waals surface area contributed by atoms with Crippen LogP contribution in [-0.2, 0) is 20.9 Å². The first-order valence-electron chi connectivity index (χ1n) is 11.6. The predicted molar refractivity (Wildman–Crippen MR) is 116 cm³/mol. The Balaban J connectivity index is 1.20. The first kappa shape index (κ1) is 21.3. The van der Waals surface area contributed by atoms with E-state index in [0.717, 1.165) is 64.8 Å². The summed E-state index contributed by atoms with van der Waals surface area (Å²) in [4.78, 5) is 29.7. The number of nitrogens with one attached hydrogen (secondary N) is 1. The van der Waals surface area contributed by atoms with Gasteiger partial charge in [0.05, 0.1) is 6.10 Å². The number of piperidine rings is 1. The van der Waals surface area contributed by atoms with Crippen LogP contribution in [0.15, 0.2) is 30.3 Å². The van der Waals surface area contributed by atoms with Crippen LogP contribution >= 0.6 is 0 Å². The van der Waals surface area contributed by atoms with E-state index >= 15 is 0 Å². The van der Waals surface area contributed by atoms with E-state index in [-0.39, 0.29) is 24.3 Å². The highest BCUT2D eigenvalue weighted by Crippen LogP contribution is 2.33. The topological polar surface area (TPSA) is 61.9 Å². The minimum atomic E-state index is -0.0349. The van der Waals surface area contributed by atoms with Crippen LogP contribution in [0.2, 0.25) is 0 Å². The van der Waals surface area contributed by atoms with E-state index in [2.05, 4.69) is 45.4 Å². The lowest BCUT2D eigenvalue weighted by Gasteiger charge is -2.39. The molecule has 1 N–H and O–H groups in total. The Kier molecular flexibility index (Phi) is 7.39. The van der Waals surface area contributed by atoms with E-state index in [1.54, 1.807) is 0 Å². The fourth-order valence-corrected chi connectivity index (χ4v) is 4.73. The Hall–Kier alpha value is -1.92. The molecular weight excluding hydrogens is 378 g/mol. The van der Waals surface area contributed by atoms with Crippen molar-refractivity contribution in [2.24, 2.45) is 0 Å². The molecule has 2 heterocycles. The second-order valence-electron chi connectivity index (χ2n) is 8.96. The van der Waals surface area contributed by atoms with Crippen LogP contribution in [0, 0.1) is 0 Å². The number of hydrogen-bond acceptors (Lipinski definition) is 4. The number of rotatable bonds is 9. The van der Waals surface area contributed by atoms with E-state index < -0.39 is 0 Å². The molecule has 0 aromatic heterocycles. The Labute approximate surface area is 179 Å². The van der Waals surface area contributed by atoms with Crippen molar-refractivity contribution < 1.29 is 14.3 Å². The molecule has 4 rings (SSSR count). The first-order chi connectivity index (χ1) is 14.7. The molecule has 2 amide bonds. The molecule has 1 atom stereocenters. The van der Waals surface area contributed by atoms with Gasteiger partial charge in [0, 0.05) is 57.7 Å². The van der Waals surface area contributed by atoms with Crippen LogP contribution in [0.4, 0.5) is 0 Å². The molecule has 1 aromatic carbocycles. The molecule has 1 unspecified atom stereocenters. The molecule has 0 radical (unpaired) electrons. The van der Waals surface area contributed by atoms with E-state index in [1.807, 2.05) is 0 Å². The van der Waals surface area contributed by atoms with Crippen LogP contribution in [-0.4, -0.2) is 66.0 Å². The smallest absolute Gasteiger partial charge is 0.223 e. The Morgan fingerprint density at radius 2 is 1.73 bits per heavy atom. The van der Waals surface area contributed by atoms with Gasteiger partial charge >= 0.3 is 0 Å². The van der Waals surface area contributed by atoms with Gasteiger partial charge in [-0.1, -0.05) is 30.3 Å². The van der Waals surface area contributed by atoms with Crippen molar-refractivity contribution in [2.75, 3.05) is 26.2 Å². The van der Waals surface area contributed by atoms with Crippen LogP contribution in [0.3, 0.4) is 0 Å². The summed E-state index contributed by atoms with van der Waals surface area (Å²) in [5, 5.41) is 2.93. The molecule has 1 saturated carbocycles. The number of nitrogens with zero attached hydrogens (tertiary/aromatic N) is 2. The quantitative estimate of drug-likeness (QED) is 0.676. The standard InChI is InChI=1S/C24H35N3O3/c28-23(25-17-22-7-4-16-30-22)10-11-24(29)27(20-8-9-20)21-12-14-26(15-13-21)18-19-5-2-1-3-6-19/h1-3,5-6,20-22H,4,7-18H2,(H,25,28). The third kappa shape index (κ3) is 6.05. The molecule has 2 saturated heterocycles. The van der Waals surface area contributed by atoms with Crippen LogP contribution in [0.5, 0.6) is 0 Å². The number of ether oxygens (including phenoxy) is 1. The maximum Gasteiger partial charge on any atom is 0.223 e. The van der Waals surface area contributed by atoms with Gasteiger partial charge in [0.2, 0.25) is 11.8 Å². The Morgan fingerprint density at radius 3 is 2.40 bits per heavy atom. The number of hydrogen-bond donors (Lipinski definition) is 1. The van der Waals surface area contributed by atoms with E-state index in [0.29, 0.717) is 25.0 Å². The van der Waals surface area contributed by atoms with E-state index in [9.17, 15) is 9.59 Å². The van der Waals surface area contributed by atoms with Crippen molar-refractivity contribution >= 4 is 11.8 Å². The van der Waals surface area contributed by atoms with E-state index in [1.165, 1.54) is 5.56 Å². The zero-order valence-corrected chi connectivity index (χ0v) is 17.9.